The molecule has 0 aliphatic carbocycles. The highest BCUT2D eigenvalue weighted by Crippen LogP contribution is 2.33. The third-order valence-electron chi connectivity index (χ3n) is 19.6. The number of ether oxygens (including phenoxy) is 9. The van der Waals surface area contributed by atoms with E-state index in [2.05, 4.69) is 44.4 Å². The molecule has 9 rings (SSSR count). The van der Waals surface area contributed by atoms with Gasteiger partial charge in [-0.25, -0.2) is 9.59 Å². The fraction of sp³-hybridized carbons (Fsp3) is 0.923. The lowest BCUT2D eigenvalue weighted by Gasteiger charge is -2.44. The van der Waals surface area contributed by atoms with Crippen molar-refractivity contribution in [2.24, 2.45) is 0 Å². The van der Waals surface area contributed by atoms with E-state index in [0.29, 0.717) is 0 Å². The first-order valence-electron chi connectivity index (χ1n) is 37.7. The van der Waals surface area contributed by atoms with Crippen molar-refractivity contribution in [3.63, 3.8) is 0 Å². The average Bonchev–Trinajstić information content (AvgIpc) is 0.779. The van der Waals surface area contributed by atoms with Crippen LogP contribution in [0.1, 0.15) is 33.6 Å². The maximum atomic E-state index is 11.2. The molecule has 9 fully saturated rings. The van der Waals surface area contributed by atoms with Gasteiger partial charge in [0.1, 0.15) is 208 Å². The molecule has 9 aliphatic heterocycles. The second-order valence-corrected chi connectivity index (χ2v) is 29.2. The number of rotatable bonds is 17. The molecule has 752 valence electrons. The number of hydrogen-bond acceptors (Lipinski definition) is 57. The highest BCUT2D eigenvalue weighted by Gasteiger charge is 2.57. The van der Waals surface area contributed by atoms with E-state index in [-0.39, 0.29) is 6.61 Å². The van der Waals surface area contributed by atoms with Gasteiger partial charge in [0.25, 0.3) is 11.6 Å². The highest BCUT2D eigenvalue weighted by atomic mass is 16.7. The molecule has 9 heterocycles. The largest absolute Gasteiger partial charge is 0.477 e. The molecular weight excluding hydrogens is 1770 g/mol. The molecule has 0 aromatic carbocycles. The number of carbonyl (C=O) groups is 5. The number of amides is 3. The van der Waals surface area contributed by atoms with Gasteiger partial charge >= 0.3 is 11.9 Å². The number of carbonyl (C=O) groups excluding carboxylic acids is 3. The van der Waals surface area contributed by atoms with Crippen LogP contribution >= 0.6 is 0 Å². The van der Waals surface area contributed by atoms with Crippen LogP contribution < -0.4 is 16.0 Å². The van der Waals surface area contributed by atoms with Crippen molar-refractivity contribution in [2.45, 2.75) is 315 Å². The van der Waals surface area contributed by atoms with Crippen LogP contribution in [0, 0.1) is 0 Å². The monoisotopic (exact) mass is 1890 g/mol. The Labute approximate surface area is 714 Å². The van der Waals surface area contributed by atoms with Crippen molar-refractivity contribution in [1.82, 2.24) is 16.0 Å². The highest BCUT2D eigenvalue weighted by molar-refractivity contribution is 5.78. The lowest BCUT2D eigenvalue weighted by molar-refractivity contribution is -0.312. The Kier molecular flexibility index (Phi) is 52.9. The molecule has 0 bridgehead atoms. The molecule has 9 aliphatic rings. The van der Waals surface area contributed by atoms with E-state index in [1.807, 2.05) is 0 Å². The standard InChI is InChI=1S/C11H19NO10.C9H16O9.2C8H15NO6.3C6H12O6.C6H12O5.C5H10O5/c13-2-5(16)8(18)9-7(12-6(17)3-14)4(15)1-11(21,22-9)10(19)20;10-2-4(12)6(14)7-5(13)3(11)1-9(17,18-7)8(15)16;2*1-3(11)9-5-7(13)6(12)4(2-10)15-8(5)14;3*7-1-2-3(8)4(9)5(10)6(11)12-2;1-2-3(7)4(8)5(9)6(10)11-2;6-2-1-10-5(9)4(8)3(2)7/h4-5,7-9,13-16,18,21H,1-3H2,(H,12,17)(H,19,20);3-7,10-14,17H,1-2H2,(H,15,16);2*4-8,10,12-14H,2H2,1H3,(H,9,11);3*2-11H,1H2;2-10H,1H3;2-9H,1H2/t4-,5?,7-,8?,9?,11-;3-,4?,5-,6?,7?,9-;4?,5?,6-,7+,8-;4?,5?,6-,7-,8+;2?,3-,4+,5?,6+;2?,3-,4+,5?,6-;2?,3-,4-,5?,6-;2?,3-,4+,5?,6-;2-,3+,4?,5-/m110111011/s1. The van der Waals surface area contributed by atoms with Crippen molar-refractivity contribution < 1.29 is 296 Å². The summed E-state index contributed by atoms with van der Waals surface area (Å²) in [6.07, 6.45) is -60.2. The minimum Gasteiger partial charge on any atom is -0.477 e. The van der Waals surface area contributed by atoms with Crippen molar-refractivity contribution in [1.29, 1.82) is 0 Å². The molecule has 48 N–H and O–H groups in total. The van der Waals surface area contributed by atoms with E-state index in [1.165, 1.54) is 20.8 Å². The molecule has 62 heteroatoms. The maximum absolute atomic E-state index is 11.2. The van der Waals surface area contributed by atoms with Crippen molar-refractivity contribution >= 4 is 29.7 Å². The summed E-state index contributed by atoms with van der Waals surface area (Å²) < 4.78 is 42.0. The Hall–Kier alpha value is -4.73. The van der Waals surface area contributed by atoms with Crippen LogP contribution in [0.2, 0.25) is 0 Å². The summed E-state index contributed by atoms with van der Waals surface area (Å²) in [6.45, 7) is -1.58. The first-order chi connectivity index (χ1) is 58.7. The molecular formula is C65H123N3O59. The molecule has 19 unspecified atom stereocenters. The Bertz CT molecular complexity index is 2960. The second kappa shape index (κ2) is 55.8. The van der Waals surface area contributed by atoms with Gasteiger partial charge in [0.2, 0.25) is 17.7 Å². The smallest absolute Gasteiger partial charge is 0.364 e. The molecule has 0 aromatic rings. The number of aliphatic hydroxyl groups is 43. The van der Waals surface area contributed by atoms with Gasteiger partial charge in [0.05, 0.1) is 77.2 Å². The van der Waals surface area contributed by atoms with Gasteiger partial charge in [0, 0.05) is 26.7 Å². The fourth-order valence-electron chi connectivity index (χ4n) is 11.9. The maximum Gasteiger partial charge on any atom is 0.364 e. The Balaban J connectivity index is 0.000000721. The fourth-order valence-corrected chi connectivity index (χ4v) is 11.9. The van der Waals surface area contributed by atoms with Gasteiger partial charge in [-0.15, -0.1) is 0 Å². The Morgan fingerprint density at radius 1 is 0.323 bits per heavy atom. The van der Waals surface area contributed by atoms with E-state index in [9.17, 15) is 101 Å². The van der Waals surface area contributed by atoms with Gasteiger partial charge in [0.15, 0.2) is 44.0 Å². The van der Waals surface area contributed by atoms with Crippen LogP contribution in [0.4, 0.5) is 0 Å². The molecule has 62 nitrogen and oxygen atoms in total. The SMILES string of the molecule is CC(=O)NC1[C@@H](O)[C@@H](O)C(CO)O[C@@H]1O.CC(=O)NC1[C@@H](O)[C@H](O)C(CO)O[C@@H]1O.CC1O[C@@H](O)C(O)[C@@H](O)[C@@H]1O.O=C(CO)N[C@H]1C(C(O)C(O)CO)O[C@@](O)(C(=O)O)C[C@H]1O.O=C(O)[C@@]1(O)C[C@@H](O)[C@@H](O)C(C(O)C(O)CO)O1.OC1[C@H](O)OC[C@@H](O)[C@@H]1O.OCC1O[C@@H](O)C(O)[C@@H](O)[C@@H]1O.OCC1O[C@H](O)C(O)[C@@H](O)[C@@H]1O.OCC1O[C@H](O)C(O)[C@@H](O)[C@H]1O. The number of hydrogen-bond donors (Lipinski definition) is 48. The molecule has 0 saturated carbocycles. The minimum atomic E-state index is -2.85. The molecule has 9 saturated heterocycles. The number of carboxylic acid groups (broad SMARTS) is 2. The lowest BCUT2D eigenvalue weighted by atomic mass is 9.88. The van der Waals surface area contributed by atoms with Gasteiger partial charge < -0.3 is 288 Å². The van der Waals surface area contributed by atoms with E-state index in [4.69, 9.17) is 167 Å². The third kappa shape index (κ3) is 34.3. The van der Waals surface area contributed by atoms with Gasteiger partial charge in [-0.3, -0.25) is 14.4 Å². The summed E-state index contributed by atoms with van der Waals surface area (Å²) in [5, 5.41) is 416. The lowest BCUT2D eigenvalue weighted by Crippen LogP contribution is -2.67. The van der Waals surface area contributed by atoms with E-state index in [0.717, 1.165) is 0 Å². The summed E-state index contributed by atoms with van der Waals surface area (Å²) >= 11 is 0. The summed E-state index contributed by atoms with van der Waals surface area (Å²) in [5.41, 5.74) is 0. The topological polar surface area (TPSA) is 1110 Å². The van der Waals surface area contributed by atoms with Crippen molar-refractivity contribution in [3.8, 4) is 0 Å². The molecule has 127 heavy (non-hydrogen) atoms. The Morgan fingerprint density at radius 2 is 0.606 bits per heavy atom. The average molecular weight is 1890 g/mol. The number of aliphatic carboxylic acids is 2. The quantitative estimate of drug-likeness (QED) is 0.0643. The second-order valence-electron chi connectivity index (χ2n) is 29.2. The molecule has 0 radical (unpaired) electrons. The molecule has 0 aromatic heterocycles. The van der Waals surface area contributed by atoms with Crippen LogP contribution in [0.25, 0.3) is 0 Å². The minimum absolute atomic E-state index is 0.153. The zero-order valence-electron chi connectivity index (χ0n) is 67.0. The Morgan fingerprint density at radius 3 is 0.906 bits per heavy atom. The van der Waals surface area contributed by atoms with E-state index in [1.54, 1.807) is 0 Å². The summed E-state index contributed by atoms with van der Waals surface area (Å²) in [6, 6.07) is -3.61. The predicted octanol–water partition coefficient (Wildman–Crippen LogP) is -29.5. The van der Waals surface area contributed by atoms with Crippen LogP contribution in [-0.2, 0) is 66.6 Å². The van der Waals surface area contributed by atoms with Gasteiger partial charge in [-0.1, -0.05) is 0 Å². The summed E-state index contributed by atoms with van der Waals surface area (Å²) in [4.78, 5) is 54.5. The van der Waals surface area contributed by atoms with E-state index < -0.39 is 377 Å². The van der Waals surface area contributed by atoms with Gasteiger partial charge in [-0.05, 0) is 6.92 Å². The molecule has 0 spiro atoms. The van der Waals surface area contributed by atoms with Crippen molar-refractivity contribution in [2.75, 3.05) is 59.5 Å². The predicted molar refractivity (Wildman–Crippen MR) is 387 cm³/mol. The first kappa shape index (κ1) is 120. The van der Waals surface area contributed by atoms with Crippen molar-refractivity contribution in [3.05, 3.63) is 0 Å². The van der Waals surface area contributed by atoms with Crippen LogP contribution in [-0.4, -0.2) is 600 Å². The molecule has 3 amide bonds. The summed E-state index contributed by atoms with van der Waals surface area (Å²) in [5.74, 6) is -11.1. The zero-order valence-corrected chi connectivity index (χ0v) is 67.0. The van der Waals surface area contributed by atoms with Crippen LogP contribution in [0.15, 0.2) is 0 Å². The van der Waals surface area contributed by atoms with Gasteiger partial charge in [-0.2, -0.15) is 0 Å². The molecule has 46 atom stereocenters. The normalized spacial score (nSPS) is 43.9. The third-order valence-corrected chi connectivity index (χ3v) is 19.6. The van der Waals surface area contributed by atoms with Crippen LogP contribution in [0.3, 0.4) is 0 Å². The van der Waals surface area contributed by atoms with E-state index >= 15 is 0 Å². The number of aliphatic hydroxyl groups excluding tert-OH is 41. The first-order valence-corrected chi connectivity index (χ1v) is 37.7. The number of carboxylic acids is 2. The van der Waals surface area contributed by atoms with Crippen LogP contribution in [0.5, 0.6) is 0 Å². The zero-order chi connectivity index (χ0) is 98.6. The number of nitrogens with one attached hydrogen (secondary N) is 3. The summed E-state index contributed by atoms with van der Waals surface area (Å²) in [7, 11) is 0.